The summed E-state index contributed by atoms with van der Waals surface area (Å²) >= 11 is 0. The second-order valence-corrected chi connectivity index (χ2v) is 5.82. The lowest BCUT2D eigenvalue weighted by Crippen LogP contribution is -2.34. The van der Waals surface area contributed by atoms with Gasteiger partial charge in [-0.3, -0.25) is 4.79 Å². The van der Waals surface area contributed by atoms with Crippen LogP contribution in [0.2, 0.25) is 0 Å². The second kappa shape index (κ2) is 8.18. The van der Waals surface area contributed by atoms with Crippen molar-refractivity contribution in [1.82, 2.24) is 10.6 Å². The van der Waals surface area contributed by atoms with Crippen LogP contribution in [-0.2, 0) is 11.3 Å². The number of rotatable bonds is 7. The highest BCUT2D eigenvalue weighted by atomic mass is 35.5. The number of ether oxygens (including phenoxy) is 1. The van der Waals surface area contributed by atoms with Crippen LogP contribution in [0, 0.1) is 5.92 Å². The van der Waals surface area contributed by atoms with Gasteiger partial charge in [0.15, 0.2) is 0 Å². The first-order valence-electron chi connectivity index (χ1n) is 7.80. The summed E-state index contributed by atoms with van der Waals surface area (Å²) < 4.78 is 5.44. The van der Waals surface area contributed by atoms with Crippen molar-refractivity contribution in [3.8, 4) is 5.75 Å². The number of hydrogen-bond donors (Lipinski definition) is 2. The predicted octanol–water partition coefficient (Wildman–Crippen LogP) is 2.89. The molecule has 0 radical (unpaired) electrons. The highest BCUT2D eigenvalue weighted by Gasteiger charge is 2.20. The minimum absolute atomic E-state index is 0. The highest BCUT2D eigenvalue weighted by Crippen LogP contribution is 2.28. The first-order chi connectivity index (χ1) is 10.8. The van der Waals surface area contributed by atoms with Gasteiger partial charge in [0.25, 0.3) is 0 Å². The summed E-state index contributed by atoms with van der Waals surface area (Å²) in [6, 6.07) is 12.1. The van der Waals surface area contributed by atoms with Crippen molar-refractivity contribution in [2.45, 2.75) is 19.4 Å². The maximum absolute atomic E-state index is 11.9. The molecule has 0 aliphatic heterocycles. The van der Waals surface area contributed by atoms with Gasteiger partial charge in [0, 0.05) is 12.1 Å². The van der Waals surface area contributed by atoms with E-state index in [0.717, 1.165) is 34.5 Å². The summed E-state index contributed by atoms with van der Waals surface area (Å²) in [4.78, 5) is 11.9. The molecule has 1 amide bonds. The molecule has 124 valence electrons. The summed E-state index contributed by atoms with van der Waals surface area (Å²) in [5, 5.41) is 8.46. The smallest absolute Gasteiger partial charge is 0.234 e. The van der Waals surface area contributed by atoms with Gasteiger partial charge in [-0.2, -0.15) is 0 Å². The lowest BCUT2D eigenvalue weighted by atomic mass is 10.0. The third-order valence-electron chi connectivity index (χ3n) is 4.10. The molecule has 1 saturated carbocycles. The third-order valence-corrected chi connectivity index (χ3v) is 4.10. The molecule has 2 aromatic rings. The van der Waals surface area contributed by atoms with E-state index >= 15 is 0 Å². The molecule has 5 heteroatoms. The summed E-state index contributed by atoms with van der Waals surface area (Å²) in [5.41, 5.74) is 1.02. The fourth-order valence-corrected chi connectivity index (χ4v) is 2.65. The number of hydrogen-bond acceptors (Lipinski definition) is 3. The molecule has 3 rings (SSSR count). The Hall–Kier alpha value is -1.78. The van der Waals surface area contributed by atoms with Crippen LogP contribution >= 0.6 is 12.4 Å². The summed E-state index contributed by atoms with van der Waals surface area (Å²) in [5.74, 6) is 1.62. The molecule has 1 aliphatic carbocycles. The fraction of sp³-hybridized carbons (Fsp3) is 0.389. The number of carbonyl (C=O) groups is 1. The van der Waals surface area contributed by atoms with Crippen LogP contribution in [0.4, 0.5) is 0 Å². The van der Waals surface area contributed by atoms with E-state index in [1.54, 1.807) is 7.11 Å². The first-order valence-corrected chi connectivity index (χ1v) is 7.80. The molecule has 2 N–H and O–H groups in total. The van der Waals surface area contributed by atoms with Crippen molar-refractivity contribution in [3.05, 3.63) is 42.0 Å². The average molecular weight is 335 g/mol. The Labute approximate surface area is 143 Å². The summed E-state index contributed by atoms with van der Waals surface area (Å²) in [7, 11) is 1.66. The van der Waals surface area contributed by atoms with Crippen molar-refractivity contribution in [2.24, 2.45) is 5.92 Å². The van der Waals surface area contributed by atoms with E-state index in [-0.39, 0.29) is 18.3 Å². The number of nitrogens with one attached hydrogen (secondary N) is 2. The van der Waals surface area contributed by atoms with E-state index in [1.807, 2.05) is 24.3 Å². The van der Waals surface area contributed by atoms with Gasteiger partial charge in [0.1, 0.15) is 5.75 Å². The zero-order valence-corrected chi connectivity index (χ0v) is 14.1. The third kappa shape index (κ3) is 4.60. The van der Waals surface area contributed by atoms with E-state index in [4.69, 9.17) is 4.74 Å². The maximum atomic E-state index is 11.9. The summed E-state index contributed by atoms with van der Waals surface area (Å²) in [6.45, 7) is 1.81. The molecule has 2 aromatic carbocycles. The highest BCUT2D eigenvalue weighted by molar-refractivity contribution is 5.88. The molecular weight excluding hydrogens is 312 g/mol. The zero-order chi connectivity index (χ0) is 15.4. The van der Waals surface area contributed by atoms with Gasteiger partial charge < -0.3 is 15.4 Å². The minimum atomic E-state index is 0. The molecule has 0 saturated heterocycles. The predicted molar refractivity (Wildman–Crippen MR) is 95.2 cm³/mol. The standard InChI is InChI=1S/C18H22N2O2.ClH/c1-22-17-9-8-14-4-2-3-5-15(14)16(17)11-20-18(21)12-19-10-13-6-7-13;/h2-5,8-9,13,19H,6-7,10-12H2,1H3,(H,20,21);1H. The first kappa shape index (κ1) is 17.6. The van der Waals surface area contributed by atoms with Gasteiger partial charge >= 0.3 is 0 Å². The Morgan fingerprint density at radius 1 is 1.22 bits per heavy atom. The molecule has 1 aliphatic rings. The van der Waals surface area contributed by atoms with E-state index in [1.165, 1.54) is 12.8 Å². The van der Waals surface area contributed by atoms with E-state index in [2.05, 4.69) is 22.8 Å². The van der Waals surface area contributed by atoms with Crippen molar-refractivity contribution in [3.63, 3.8) is 0 Å². The number of benzene rings is 2. The number of carbonyl (C=O) groups excluding carboxylic acids is 1. The Balaban J connectivity index is 0.00000192. The number of fused-ring (bicyclic) bond motifs is 1. The van der Waals surface area contributed by atoms with Gasteiger partial charge in [0.2, 0.25) is 5.91 Å². The van der Waals surface area contributed by atoms with Crippen LogP contribution in [0.25, 0.3) is 10.8 Å². The van der Waals surface area contributed by atoms with E-state index < -0.39 is 0 Å². The average Bonchev–Trinajstić information content (AvgIpc) is 3.36. The SMILES string of the molecule is COc1ccc2ccccc2c1CNC(=O)CNCC1CC1.Cl. The molecule has 0 aromatic heterocycles. The Morgan fingerprint density at radius 3 is 2.74 bits per heavy atom. The number of amides is 1. The topological polar surface area (TPSA) is 50.4 Å². The number of halogens is 1. The molecule has 1 fully saturated rings. The maximum Gasteiger partial charge on any atom is 0.234 e. The van der Waals surface area contributed by atoms with E-state index in [0.29, 0.717) is 13.1 Å². The normalized spacial score (nSPS) is 13.4. The molecule has 4 nitrogen and oxygen atoms in total. The van der Waals surface area contributed by atoms with Gasteiger partial charge in [-0.15, -0.1) is 12.4 Å². The van der Waals surface area contributed by atoms with Gasteiger partial charge in [-0.25, -0.2) is 0 Å². The van der Waals surface area contributed by atoms with Crippen LogP contribution in [0.15, 0.2) is 36.4 Å². The Bertz CT molecular complexity index is 671. The molecular formula is C18H23ClN2O2. The molecule has 0 heterocycles. The Kier molecular flexibility index (Phi) is 6.25. The van der Waals surface area contributed by atoms with Crippen molar-refractivity contribution >= 4 is 29.1 Å². The zero-order valence-electron chi connectivity index (χ0n) is 13.3. The lowest BCUT2D eigenvalue weighted by molar-refractivity contribution is -0.120. The molecule has 0 spiro atoms. The monoisotopic (exact) mass is 334 g/mol. The number of methoxy groups -OCH3 is 1. The lowest BCUT2D eigenvalue weighted by Gasteiger charge is -2.13. The molecule has 0 atom stereocenters. The van der Waals surface area contributed by atoms with Crippen LogP contribution in [0.3, 0.4) is 0 Å². The largest absolute Gasteiger partial charge is 0.496 e. The van der Waals surface area contributed by atoms with Crippen LogP contribution in [0.5, 0.6) is 5.75 Å². The van der Waals surface area contributed by atoms with Gasteiger partial charge in [-0.05, 0) is 42.1 Å². The van der Waals surface area contributed by atoms with Crippen LogP contribution < -0.4 is 15.4 Å². The van der Waals surface area contributed by atoms with Crippen LogP contribution in [-0.4, -0.2) is 26.1 Å². The minimum Gasteiger partial charge on any atom is -0.496 e. The van der Waals surface area contributed by atoms with Crippen LogP contribution in [0.1, 0.15) is 18.4 Å². The van der Waals surface area contributed by atoms with Gasteiger partial charge in [-0.1, -0.05) is 30.3 Å². The second-order valence-electron chi connectivity index (χ2n) is 5.82. The molecule has 23 heavy (non-hydrogen) atoms. The van der Waals surface area contributed by atoms with Crippen molar-refractivity contribution in [2.75, 3.05) is 20.2 Å². The van der Waals surface area contributed by atoms with Crippen molar-refractivity contribution < 1.29 is 9.53 Å². The van der Waals surface area contributed by atoms with E-state index in [9.17, 15) is 4.79 Å². The molecule has 0 unspecified atom stereocenters. The van der Waals surface area contributed by atoms with Crippen molar-refractivity contribution in [1.29, 1.82) is 0 Å². The Morgan fingerprint density at radius 2 is 2.00 bits per heavy atom. The van der Waals surface area contributed by atoms with Gasteiger partial charge in [0.05, 0.1) is 13.7 Å². The quantitative estimate of drug-likeness (QED) is 0.818. The fourth-order valence-electron chi connectivity index (χ4n) is 2.65. The summed E-state index contributed by atoms with van der Waals surface area (Å²) in [6.07, 6.45) is 2.59. The molecule has 0 bridgehead atoms.